The fraction of sp³-hybridized carbons (Fsp3) is 0.174. The standard InChI is InChI=1S/C23H17Br2FO2/c24-19-10-6-17(7-11-19)22(21(27)28-14-16-4-2-1-3-5-16)15-23(22,26)18-8-12-20(25)13-9-18/h1-13H,14-15H2/t22-,23-/m1/s1. The van der Waals surface area contributed by atoms with E-state index in [-0.39, 0.29) is 13.0 Å². The summed E-state index contributed by atoms with van der Waals surface area (Å²) in [6.45, 7) is 0.119. The summed E-state index contributed by atoms with van der Waals surface area (Å²) < 4.78 is 23.4. The monoisotopic (exact) mass is 502 g/mol. The largest absolute Gasteiger partial charge is 0.460 e. The molecule has 4 rings (SSSR count). The lowest BCUT2D eigenvalue weighted by Crippen LogP contribution is -2.30. The van der Waals surface area contributed by atoms with Gasteiger partial charge in [-0.05, 0) is 41.0 Å². The van der Waals surface area contributed by atoms with Gasteiger partial charge in [-0.15, -0.1) is 0 Å². The van der Waals surface area contributed by atoms with Crippen LogP contribution >= 0.6 is 31.9 Å². The highest BCUT2D eigenvalue weighted by molar-refractivity contribution is 9.10. The van der Waals surface area contributed by atoms with E-state index in [1.54, 1.807) is 36.4 Å². The van der Waals surface area contributed by atoms with E-state index in [2.05, 4.69) is 31.9 Å². The van der Waals surface area contributed by atoms with Gasteiger partial charge in [0, 0.05) is 15.4 Å². The van der Waals surface area contributed by atoms with Crippen LogP contribution in [0.1, 0.15) is 23.1 Å². The molecule has 3 aromatic rings. The first-order chi connectivity index (χ1) is 13.5. The second-order valence-corrected chi connectivity index (χ2v) is 8.79. The van der Waals surface area contributed by atoms with E-state index in [4.69, 9.17) is 4.74 Å². The van der Waals surface area contributed by atoms with Crippen LogP contribution < -0.4 is 0 Å². The van der Waals surface area contributed by atoms with E-state index < -0.39 is 17.1 Å². The molecule has 142 valence electrons. The van der Waals surface area contributed by atoms with Gasteiger partial charge in [0.05, 0.1) is 0 Å². The number of ether oxygens (including phenoxy) is 1. The van der Waals surface area contributed by atoms with Crippen molar-refractivity contribution >= 4 is 37.8 Å². The fourth-order valence-corrected chi connectivity index (χ4v) is 4.18. The van der Waals surface area contributed by atoms with Gasteiger partial charge < -0.3 is 4.74 Å². The van der Waals surface area contributed by atoms with Crippen LogP contribution in [0, 0.1) is 0 Å². The lowest BCUT2D eigenvalue weighted by atomic mass is 9.89. The summed E-state index contributed by atoms with van der Waals surface area (Å²) in [5, 5.41) is 0. The summed E-state index contributed by atoms with van der Waals surface area (Å²) in [6.07, 6.45) is 0.0664. The molecule has 2 nitrogen and oxygen atoms in total. The van der Waals surface area contributed by atoms with Crippen molar-refractivity contribution in [1.82, 2.24) is 0 Å². The summed E-state index contributed by atoms with van der Waals surface area (Å²) in [5.74, 6) is -0.538. The van der Waals surface area contributed by atoms with E-state index >= 15 is 4.39 Å². The first-order valence-corrected chi connectivity index (χ1v) is 10.5. The van der Waals surface area contributed by atoms with Crippen LogP contribution in [-0.2, 0) is 27.2 Å². The zero-order chi connectivity index (χ0) is 19.8. The molecular formula is C23H17Br2FO2. The second kappa shape index (κ2) is 7.45. The topological polar surface area (TPSA) is 26.3 Å². The molecule has 1 aliphatic carbocycles. The number of rotatable bonds is 5. The first kappa shape index (κ1) is 19.3. The van der Waals surface area contributed by atoms with Crippen molar-refractivity contribution in [1.29, 1.82) is 0 Å². The Bertz CT molecular complexity index is 989. The van der Waals surface area contributed by atoms with E-state index in [0.29, 0.717) is 11.1 Å². The third-order valence-electron chi connectivity index (χ3n) is 5.26. The van der Waals surface area contributed by atoms with Gasteiger partial charge in [0.25, 0.3) is 0 Å². The van der Waals surface area contributed by atoms with Gasteiger partial charge in [0.1, 0.15) is 12.0 Å². The molecule has 1 aliphatic rings. The van der Waals surface area contributed by atoms with E-state index in [0.717, 1.165) is 14.5 Å². The summed E-state index contributed by atoms with van der Waals surface area (Å²) in [7, 11) is 0. The molecule has 1 fully saturated rings. The molecule has 0 N–H and O–H groups in total. The van der Waals surface area contributed by atoms with Gasteiger partial charge in [-0.25, -0.2) is 4.39 Å². The van der Waals surface area contributed by atoms with Crippen LogP contribution in [0.15, 0.2) is 87.8 Å². The van der Waals surface area contributed by atoms with Crippen LogP contribution in [0.4, 0.5) is 4.39 Å². The molecule has 3 aromatic carbocycles. The van der Waals surface area contributed by atoms with Crippen molar-refractivity contribution in [2.24, 2.45) is 0 Å². The Morgan fingerprint density at radius 1 is 0.857 bits per heavy atom. The van der Waals surface area contributed by atoms with Crippen LogP contribution in [0.25, 0.3) is 0 Å². The lowest BCUT2D eigenvalue weighted by Gasteiger charge is -2.20. The van der Waals surface area contributed by atoms with Crippen molar-refractivity contribution in [2.75, 3.05) is 0 Å². The number of esters is 1. The highest BCUT2D eigenvalue weighted by Crippen LogP contribution is 2.67. The van der Waals surface area contributed by atoms with Crippen molar-refractivity contribution in [3.8, 4) is 0 Å². The molecule has 0 unspecified atom stereocenters. The van der Waals surface area contributed by atoms with Gasteiger partial charge >= 0.3 is 5.97 Å². The molecule has 0 aromatic heterocycles. The number of halogens is 3. The summed E-state index contributed by atoms with van der Waals surface area (Å²) >= 11 is 6.77. The molecule has 0 spiro atoms. The fourth-order valence-electron chi connectivity index (χ4n) is 3.65. The minimum absolute atomic E-state index is 0.0664. The minimum atomic E-state index is -1.80. The smallest absolute Gasteiger partial charge is 0.320 e. The van der Waals surface area contributed by atoms with Gasteiger partial charge in [0.2, 0.25) is 0 Å². The van der Waals surface area contributed by atoms with Gasteiger partial charge in [-0.3, -0.25) is 4.79 Å². The maximum atomic E-state index is 16.1. The van der Waals surface area contributed by atoms with Crippen molar-refractivity contribution in [3.63, 3.8) is 0 Å². The highest BCUT2D eigenvalue weighted by atomic mass is 79.9. The van der Waals surface area contributed by atoms with Crippen molar-refractivity contribution in [3.05, 3.63) is 104 Å². The third-order valence-corrected chi connectivity index (χ3v) is 6.32. The van der Waals surface area contributed by atoms with Crippen molar-refractivity contribution in [2.45, 2.75) is 24.1 Å². The maximum Gasteiger partial charge on any atom is 0.320 e. The van der Waals surface area contributed by atoms with Crippen LogP contribution in [0.2, 0.25) is 0 Å². The normalized spacial score (nSPS) is 23.2. The van der Waals surface area contributed by atoms with Crippen LogP contribution in [0.5, 0.6) is 0 Å². The summed E-state index contributed by atoms with van der Waals surface area (Å²) in [6, 6.07) is 23.6. The SMILES string of the molecule is O=C(OCc1ccccc1)[C@]1(c2ccc(Br)cc2)C[C@@]1(F)c1ccc(Br)cc1. The molecule has 28 heavy (non-hydrogen) atoms. The maximum absolute atomic E-state index is 16.1. The molecule has 5 heteroatoms. The Morgan fingerprint density at radius 2 is 1.39 bits per heavy atom. The van der Waals surface area contributed by atoms with Crippen LogP contribution in [0.3, 0.4) is 0 Å². The Labute approximate surface area is 180 Å². The molecule has 0 saturated heterocycles. The zero-order valence-electron chi connectivity index (χ0n) is 14.9. The Kier molecular flexibility index (Phi) is 5.15. The Hall–Kier alpha value is -1.98. The molecule has 0 aliphatic heterocycles. The molecule has 0 heterocycles. The average molecular weight is 504 g/mol. The van der Waals surface area contributed by atoms with Gasteiger partial charge in [-0.1, -0.05) is 86.5 Å². The third kappa shape index (κ3) is 3.31. The van der Waals surface area contributed by atoms with E-state index in [9.17, 15) is 4.79 Å². The number of benzene rings is 3. The number of carbonyl (C=O) groups excluding carboxylic acids is 1. The van der Waals surface area contributed by atoms with E-state index in [1.807, 2.05) is 42.5 Å². The molecule has 0 amide bonds. The average Bonchev–Trinajstić information content (AvgIpc) is 3.36. The molecule has 0 radical (unpaired) electrons. The molecule has 2 atom stereocenters. The number of alkyl halides is 1. The molecule has 0 bridgehead atoms. The minimum Gasteiger partial charge on any atom is -0.460 e. The van der Waals surface area contributed by atoms with Gasteiger partial charge in [0.15, 0.2) is 5.67 Å². The summed E-state index contributed by atoms with van der Waals surface area (Å²) in [4.78, 5) is 13.2. The van der Waals surface area contributed by atoms with Crippen molar-refractivity contribution < 1.29 is 13.9 Å². The predicted molar refractivity (Wildman–Crippen MR) is 114 cm³/mol. The summed E-state index contributed by atoms with van der Waals surface area (Å²) in [5.41, 5.74) is -1.16. The van der Waals surface area contributed by atoms with Gasteiger partial charge in [-0.2, -0.15) is 0 Å². The predicted octanol–water partition coefficient (Wildman–Crippen LogP) is 6.46. The Morgan fingerprint density at radius 3 is 1.96 bits per heavy atom. The first-order valence-electron chi connectivity index (χ1n) is 8.88. The quantitative estimate of drug-likeness (QED) is 0.373. The Balaban J connectivity index is 1.68. The van der Waals surface area contributed by atoms with Crippen LogP contribution in [-0.4, -0.2) is 5.97 Å². The second-order valence-electron chi connectivity index (χ2n) is 6.96. The number of hydrogen-bond donors (Lipinski definition) is 0. The number of hydrogen-bond acceptors (Lipinski definition) is 2. The molecule has 1 saturated carbocycles. The zero-order valence-corrected chi connectivity index (χ0v) is 18.0. The lowest BCUT2D eigenvalue weighted by molar-refractivity contribution is -0.149. The van der Waals surface area contributed by atoms with E-state index in [1.165, 1.54) is 0 Å². The molecular weight excluding hydrogens is 487 g/mol. The highest BCUT2D eigenvalue weighted by Gasteiger charge is 2.76. The number of carbonyl (C=O) groups is 1.